The van der Waals surface area contributed by atoms with Crippen LogP contribution in [0.3, 0.4) is 0 Å². The number of aromatic amines is 2. The van der Waals surface area contributed by atoms with Crippen LogP contribution in [0, 0.1) is 19.7 Å². The van der Waals surface area contributed by atoms with Crippen LogP contribution in [0.5, 0.6) is 0 Å². The van der Waals surface area contributed by atoms with E-state index in [1.807, 2.05) is 19.1 Å². The molecule has 2 N–H and O–H groups in total. The van der Waals surface area contributed by atoms with Crippen molar-refractivity contribution >= 4 is 33.1 Å². The van der Waals surface area contributed by atoms with Gasteiger partial charge in [-0.25, -0.2) is 14.4 Å². The number of H-pyrrole nitrogens is 2. The van der Waals surface area contributed by atoms with Gasteiger partial charge in [-0.05, 0) is 37.6 Å². The molecule has 0 bridgehead atoms. The predicted octanol–water partition coefficient (Wildman–Crippen LogP) is 3.53. The van der Waals surface area contributed by atoms with E-state index in [1.165, 1.54) is 0 Å². The Morgan fingerprint density at radius 2 is 2.00 bits per heavy atom. The van der Waals surface area contributed by atoms with E-state index in [1.54, 1.807) is 25.5 Å². The second-order valence-corrected chi connectivity index (χ2v) is 5.95. The number of aromatic nitrogens is 6. The summed E-state index contributed by atoms with van der Waals surface area (Å²) in [7, 11) is 0. The van der Waals surface area contributed by atoms with Crippen LogP contribution in [0.15, 0.2) is 30.7 Å². The molecule has 5 aromatic rings. The number of pyridine rings is 1. The largest absolute Gasteiger partial charge is 0.343 e. The van der Waals surface area contributed by atoms with E-state index >= 15 is 0 Å². The van der Waals surface area contributed by atoms with Crippen LogP contribution < -0.4 is 0 Å². The van der Waals surface area contributed by atoms with Gasteiger partial charge in [-0.1, -0.05) is 0 Å². The average Bonchev–Trinajstić information content (AvgIpc) is 3.24. The van der Waals surface area contributed by atoms with Crippen LogP contribution in [0.25, 0.3) is 38.8 Å². The summed E-state index contributed by atoms with van der Waals surface area (Å²) in [5.74, 6) is -0.227. The first-order valence-electron chi connectivity index (χ1n) is 7.58. The second-order valence-electron chi connectivity index (χ2n) is 5.95. The van der Waals surface area contributed by atoms with Crippen molar-refractivity contribution in [2.75, 3.05) is 0 Å². The van der Waals surface area contributed by atoms with Crippen molar-refractivity contribution in [3.63, 3.8) is 0 Å². The lowest BCUT2D eigenvalue weighted by Crippen LogP contribution is -1.99. The van der Waals surface area contributed by atoms with Crippen LogP contribution in [-0.4, -0.2) is 29.7 Å². The SMILES string of the molecule is Cc1cc2c(cc1F)c1[nH]ncc1n2-c1cc2[nH]cnc2nc1C. The molecule has 1 aromatic carbocycles. The van der Waals surface area contributed by atoms with Gasteiger partial charge in [-0.15, -0.1) is 0 Å². The molecule has 5 rings (SSSR count). The summed E-state index contributed by atoms with van der Waals surface area (Å²) in [6.45, 7) is 3.71. The molecular weight excluding hydrogens is 307 g/mol. The maximum atomic E-state index is 14.1. The van der Waals surface area contributed by atoms with E-state index in [9.17, 15) is 4.39 Å². The van der Waals surface area contributed by atoms with Crippen molar-refractivity contribution in [1.29, 1.82) is 0 Å². The molecule has 0 unspecified atom stereocenters. The number of hydrogen-bond acceptors (Lipinski definition) is 3. The molecular formula is C17H13FN6. The minimum absolute atomic E-state index is 0.227. The van der Waals surface area contributed by atoms with Gasteiger partial charge in [0, 0.05) is 5.39 Å². The molecule has 4 aromatic heterocycles. The van der Waals surface area contributed by atoms with Gasteiger partial charge >= 0.3 is 0 Å². The standard InChI is InChI=1S/C17H13FN6/c1-8-3-14-10(4-11(8)18)16-15(6-21-23-16)24(14)13-5-12-17(20-7-19-12)22-9(13)2/h3-7H,1-2H3,(H,21,23)(H,19,20,22). The summed E-state index contributed by atoms with van der Waals surface area (Å²) in [5, 5.41) is 7.90. The summed E-state index contributed by atoms with van der Waals surface area (Å²) in [5.41, 5.74) is 6.51. The van der Waals surface area contributed by atoms with E-state index in [0.29, 0.717) is 11.2 Å². The number of hydrogen-bond donors (Lipinski definition) is 2. The first-order valence-corrected chi connectivity index (χ1v) is 7.58. The van der Waals surface area contributed by atoms with Gasteiger partial charge in [-0.3, -0.25) is 5.10 Å². The molecule has 0 atom stereocenters. The Morgan fingerprint density at radius 3 is 2.88 bits per heavy atom. The van der Waals surface area contributed by atoms with Crippen LogP contribution >= 0.6 is 0 Å². The Kier molecular flexibility index (Phi) is 2.43. The number of aryl methyl sites for hydroxylation is 2. The Labute approximate surface area is 135 Å². The van der Waals surface area contributed by atoms with Gasteiger partial charge in [0.2, 0.25) is 0 Å². The van der Waals surface area contributed by atoms with E-state index in [0.717, 1.165) is 38.8 Å². The van der Waals surface area contributed by atoms with Gasteiger partial charge in [-0.2, -0.15) is 5.10 Å². The molecule has 24 heavy (non-hydrogen) atoms. The summed E-state index contributed by atoms with van der Waals surface area (Å²) < 4.78 is 16.1. The highest BCUT2D eigenvalue weighted by Crippen LogP contribution is 2.33. The molecule has 0 saturated carbocycles. The van der Waals surface area contributed by atoms with Crippen molar-refractivity contribution in [3.8, 4) is 5.69 Å². The van der Waals surface area contributed by atoms with Crippen LogP contribution in [0.2, 0.25) is 0 Å². The third-order valence-electron chi connectivity index (χ3n) is 4.46. The molecule has 0 radical (unpaired) electrons. The number of fused-ring (bicyclic) bond motifs is 4. The zero-order chi connectivity index (χ0) is 16.4. The fraction of sp³-hybridized carbons (Fsp3) is 0.118. The minimum atomic E-state index is -0.227. The van der Waals surface area contributed by atoms with Crippen molar-refractivity contribution in [2.45, 2.75) is 13.8 Å². The lowest BCUT2D eigenvalue weighted by atomic mass is 10.1. The molecule has 118 valence electrons. The topological polar surface area (TPSA) is 75.2 Å². The summed E-state index contributed by atoms with van der Waals surface area (Å²) in [4.78, 5) is 11.8. The van der Waals surface area contributed by atoms with Crippen LogP contribution in [0.4, 0.5) is 4.39 Å². The molecule has 0 spiro atoms. The Balaban J connectivity index is 1.97. The Morgan fingerprint density at radius 1 is 1.12 bits per heavy atom. The van der Waals surface area contributed by atoms with Gasteiger partial charge in [0.05, 0.1) is 46.0 Å². The highest BCUT2D eigenvalue weighted by atomic mass is 19.1. The number of nitrogens with one attached hydrogen (secondary N) is 2. The minimum Gasteiger partial charge on any atom is -0.343 e. The molecule has 4 heterocycles. The molecule has 7 heteroatoms. The van der Waals surface area contributed by atoms with Gasteiger partial charge in [0.25, 0.3) is 0 Å². The lowest BCUT2D eigenvalue weighted by Gasteiger charge is -2.10. The number of imidazole rings is 1. The Hall–Kier alpha value is -3.22. The molecule has 6 nitrogen and oxygen atoms in total. The predicted molar refractivity (Wildman–Crippen MR) is 89.8 cm³/mol. The molecule has 0 aliphatic carbocycles. The van der Waals surface area contributed by atoms with Crippen LogP contribution in [0.1, 0.15) is 11.3 Å². The Bertz CT molecular complexity index is 1240. The van der Waals surface area contributed by atoms with Crippen molar-refractivity contribution in [1.82, 2.24) is 29.7 Å². The summed E-state index contributed by atoms with van der Waals surface area (Å²) >= 11 is 0. The van der Waals surface area contributed by atoms with Gasteiger partial charge < -0.3 is 9.55 Å². The number of benzene rings is 1. The fourth-order valence-corrected chi connectivity index (χ4v) is 3.26. The summed E-state index contributed by atoms with van der Waals surface area (Å²) in [6, 6.07) is 5.42. The number of halogens is 1. The molecule has 0 aliphatic heterocycles. The number of nitrogens with zero attached hydrogens (tertiary/aromatic N) is 4. The van der Waals surface area contributed by atoms with E-state index in [4.69, 9.17) is 0 Å². The fourth-order valence-electron chi connectivity index (χ4n) is 3.26. The lowest BCUT2D eigenvalue weighted by molar-refractivity contribution is 0.620. The average molecular weight is 320 g/mol. The van der Waals surface area contributed by atoms with Gasteiger partial charge in [0.1, 0.15) is 5.82 Å². The van der Waals surface area contributed by atoms with Crippen molar-refractivity contribution in [3.05, 3.63) is 47.8 Å². The quantitative estimate of drug-likeness (QED) is 0.496. The van der Waals surface area contributed by atoms with Crippen LogP contribution in [-0.2, 0) is 0 Å². The molecule has 0 amide bonds. The number of rotatable bonds is 1. The smallest absolute Gasteiger partial charge is 0.177 e. The van der Waals surface area contributed by atoms with Crippen molar-refractivity contribution < 1.29 is 4.39 Å². The maximum absolute atomic E-state index is 14.1. The highest BCUT2D eigenvalue weighted by Gasteiger charge is 2.18. The van der Waals surface area contributed by atoms with Crippen molar-refractivity contribution in [2.24, 2.45) is 0 Å². The highest BCUT2D eigenvalue weighted by molar-refractivity contribution is 6.07. The maximum Gasteiger partial charge on any atom is 0.177 e. The molecule has 0 aliphatic rings. The zero-order valence-electron chi connectivity index (χ0n) is 13.1. The molecule has 0 saturated heterocycles. The van der Waals surface area contributed by atoms with Gasteiger partial charge in [0.15, 0.2) is 5.65 Å². The zero-order valence-corrected chi connectivity index (χ0v) is 13.1. The third-order valence-corrected chi connectivity index (χ3v) is 4.46. The van der Waals surface area contributed by atoms with E-state index < -0.39 is 0 Å². The first-order chi connectivity index (χ1) is 11.6. The van der Waals surface area contributed by atoms with E-state index in [-0.39, 0.29) is 5.82 Å². The van der Waals surface area contributed by atoms with E-state index in [2.05, 4.69) is 29.7 Å². The second kappa shape index (κ2) is 4.41. The first kappa shape index (κ1) is 13.2. The molecule has 0 fully saturated rings. The normalized spacial score (nSPS) is 12.0. The monoisotopic (exact) mass is 320 g/mol. The summed E-state index contributed by atoms with van der Waals surface area (Å²) in [6.07, 6.45) is 3.38. The third kappa shape index (κ3) is 1.61.